The lowest BCUT2D eigenvalue weighted by Crippen LogP contribution is -1.83. The number of hydrogen-bond donors (Lipinski definition) is 0. The lowest BCUT2D eigenvalue weighted by Gasteiger charge is -1.92. The molecule has 0 aliphatic heterocycles. The van der Waals surface area contributed by atoms with E-state index in [2.05, 4.69) is 19.8 Å². The van der Waals surface area contributed by atoms with Gasteiger partial charge in [0.2, 0.25) is 0 Å². The van der Waals surface area contributed by atoms with Crippen LogP contribution in [0.1, 0.15) is 19.8 Å². The molecule has 0 atom stereocenters. The van der Waals surface area contributed by atoms with Crippen molar-refractivity contribution in [3.8, 4) is 0 Å². The molecule has 0 bridgehead atoms. The molecule has 0 saturated heterocycles. The van der Waals surface area contributed by atoms with Gasteiger partial charge in [0.1, 0.15) is 0 Å². The van der Waals surface area contributed by atoms with E-state index in [1.165, 1.54) is 6.42 Å². The van der Waals surface area contributed by atoms with Crippen molar-refractivity contribution in [3.05, 3.63) is 12.8 Å². The first-order chi connectivity index (χ1) is 3.41. The third-order valence-corrected chi connectivity index (χ3v) is 0.702. The Morgan fingerprint density at radius 2 is 2.43 bits per heavy atom. The van der Waals surface area contributed by atoms with Gasteiger partial charge in [-0.05, 0) is 6.42 Å². The molecule has 0 aromatic rings. The maximum atomic E-state index is 4.71. The average molecular weight is 99.2 g/mol. The maximum Gasteiger partial charge on any atom is 0.153 e. The first kappa shape index (κ1) is 6.54. The largest absolute Gasteiger partial charge is 0.490 e. The molecule has 0 unspecified atom stereocenters. The molecule has 7 heavy (non-hydrogen) atoms. The summed E-state index contributed by atoms with van der Waals surface area (Å²) in [6.45, 7) is 6.17. The van der Waals surface area contributed by atoms with E-state index in [-0.39, 0.29) is 0 Å². The molecule has 0 amide bonds. The van der Waals surface area contributed by atoms with Gasteiger partial charge in [-0.2, -0.15) is 0 Å². The van der Waals surface area contributed by atoms with Gasteiger partial charge in [-0.1, -0.05) is 19.9 Å². The minimum atomic E-state index is 0.764. The summed E-state index contributed by atoms with van der Waals surface area (Å²) in [6.07, 6.45) is 4.62. The highest BCUT2D eigenvalue weighted by molar-refractivity contribution is 4.37. The van der Waals surface area contributed by atoms with E-state index in [1.807, 2.05) is 0 Å². The third kappa shape index (κ3) is 5.54. The van der Waals surface area contributed by atoms with Crippen LogP contribution in [-0.4, -0.2) is 6.61 Å². The molecule has 0 rings (SSSR count). The summed E-state index contributed by atoms with van der Waals surface area (Å²) < 4.78 is 4.71. The van der Waals surface area contributed by atoms with Crippen LogP contribution in [0.15, 0.2) is 6.58 Å². The molecule has 41 valence electrons. The Hall–Kier alpha value is -0.460. The minimum absolute atomic E-state index is 0.764. The molecule has 0 N–H and O–H groups in total. The van der Waals surface area contributed by atoms with Crippen molar-refractivity contribution in [2.24, 2.45) is 0 Å². The Kier molecular flexibility index (Phi) is 5.18. The molecule has 0 saturated carbocycles. The number of unbranched alkanes of at least 4 members (excludes halogenated alkanes) is 1. The Labute approximate surface area is 45.0 Å². The van der Waals surface area contributed by atoms with Gasteiger partial charge in [0.25, 0.3) is 0 Å². The van der Waals surface area contributed by atoms with Crippen LogP contribution in [0, 0.1) is 6.26 Å². The summed E-state index contributed by atoms with van der Waals surface area (Å²) in [5, 5.41) is 0. The Bertz CT molecular complexity index is 41.4. The quantitative estimate of drug-likeness (QED) is 0.385. The van der Waals surface area contributed by atoms with Crippen molar-refractivity contribution in [1.82, 2.24) is 0 Å². The first-order valence-corrected chi connectivity index (χ1v) is 2.55. The zero-order valence-corrected chi connectivity index (χ0v) is 4.74. The highest BCUT2D eigenvalue weighted by Crippen LogP contribution is 1.85. The second-order valence-corrected chi connectivity index (χ2v) is 1.35. The minimum Gasteiger partial charge on any atom is -0.490 e. The monoisotopic (exact) mass is 99.1 g/mol. The lowest BCUT2D eigenvalue weighted by molar-refractivity contribution is 0.225. The van der Waals surface area contributed by atoms with Crippen molar-refractivity contribution in [1.29, 1.82) is 0 Å². The zero-order valence-electron chi connectivity index (χ0n) is 4.74. The van der Waals surface area contributed by atoms with Crippen molar-refractivity contribution < 1.29 is 4.74 Å². The van der Waals surface area contributed by atoms with Crippen LogP contribution < -0.4 is 0 Å². The molecule has 0 aliphatic carbocycles. The Morgan fingerprint density at radius 1 is 1.71 bits per heavy atom. The molecule has 0 aromatic carbocycles. The van der Waals surface area contributed by atoms with Gasteiger partial charge >= 0.3 is 0 Å². The van der Waals surface area contributed by atoms with Crippen LogP contribution in [0.3, 0.4) is 0 Å². The van der Waals surface area contributed by atoms with Gasteiger partial charge in [-0.25, -0.2) is 0 Å². The lowest BCUT2D eigenvalue weighted by atomic mass is 10.4. The fourth-order valence-corrected chi connectivity index (χ4v) is 0.289. The summed E-state index contributed by atoms with van der Waals surface area (Å²) in [4.78, 5) is 0. The summed E-state index contributed by atoms with van der Waals surface area (Å²) in [6, 6.07) is 0. The number of hydrogen-bond acceptors (Lipinski definition) is 1. The van der Waals surface area contributed by atoms with E-state index in [4.69, 9.17) is 4.74 Å². The summed E-state index contributed by atoms with van der Waals surface area (Å²) in [5.74, 6) is 0. The highest BCUT2D eigenvalue weighted by Gasteiger charge is 1.77. The predicted octanol–water partition coefficient (Wildman–Crippen LogP) is 1.75. The van der Waals surface area contributed by atoms with Gasteiger partial charge < -0.3 is 4.74 Å². The van der Waals surface area contributed by atoms with Gasteiger partial charge in [0, 0.05) is 0 Å². The van der Waals surface area contributed by atoms with Crippen molar-refractivity contribution in [2.45, 2.75) is 19.8 Å². The Balaban J connectivity index is 2.56. The van der Waals surface area contributed by atoms with E-state index in [0.29, 0.717) is 0 Å². The first-order valence-electron chi connectivity index (χ1n) is 2.55. The average Bonchev–Trinajstić information content (AvgIpc) is 1.69. The van der Waals surface area contributed by atoms with Gasteiger partial charge in [-0.3, -0.25) is 0 Å². The molecule has 1 heteroatoms. The van der Waals surface area contributed by atoms with E-state index >= 15 is 0 Å². The van der Waals surface area contributed by atoms with Crippen LogP contribution in [0.2, 0.25) is 0 Å². The smallest absolute Gasteiger partial charge is 0.153 e. The molecule has 0 aliphatic rings. The molecular weight excluding hydrogens is 88.1 g/mol. The van der Waals surface area contributed by atoms with Crippen molar-refractivity contribution in [2.75, 3.05) is 6.61 Å². The van der Waals surface area contributed by atoms with Crippen LogP contribution in [0.25, 0.3) is 0 Å². The SMILES string of the molecule is C=[C]OCCCC. The number of ether oxygens (including phenoxy) is 1. The van der Waals surface area contributed by atoms with Gasteiger partial charge in [0.05, 0.1) is 6.61 Å². The molecule has 0 aromatic heterocycles. The third-order valence-electron chi connectivity index (χ3n) is 0.702. The summed E-state index contributed by atoms with van der Waals surface area (Å²) in [7, 11) is 0. The Morgan fingerprint density at radius 3 is 2.86 bits per heavy atom. The van der Waals surface area contributed by atoms with Crippen LogP contribution >= 0.6 is 0 Å². The maximum absolute atomic E-state index is 4.71. The van der Waals surface area contributed by atoms with Crippen LogP contribution in [0.5, 0.6) is 0 Å². The normalized spacial score (nSPS) is 8.14. The predicted molar refractivity (Wildman–Crippen MR) is 29.7 cm³/mol. The topological polar surface area (TPSA) is 9.23 Å². The molecular formula is C6H11O. The summed E-state index contributed by atoms with van der Waals surface area (Å²) in [5.41, 5.74) is 0. The van der Waals surface area contributed by atoms with Crippen LogP contribution in [-0.2, 0) is 4.74 Å². The van der Waals surface area contributed by atoms with Crippen molar-refractivity contribution >= 4 is 0 Å². The van der Waals surface area contributed by atoms with Gasteiger partial charge in [-0.15, -0.1) is 0 Å². The second kappa shape index (κ2) is 5.54. The van der Waals surface area contributed by atoms with E-state index in [0.717, 1.165) is 13.0 Å². The second-order valence-electron chi connectivity index (χ2n) is 1.35. The van der Waals surface area contributed by atoms with E-state index < -0.39 is 0 Å². The van der Waals surface area contributed by atoms with E-state index in [9.17, 15) is 0 Å². The molecule has 1 nitrogen and oxygen atoms in total. The number of rotatable bonds is 4. The fourth-order valence-electron chi connectivity index (χ4n) is 0.289. The van der Waals surface area contributed by atoms with Gasteiger partial charge in [0.15, 0.2) is 6.26 Å². The fraction of sp³-hybridized carbons (Fsp3) is 0.667. The zero-order chi connectivity index (χ0) is 5.54. The molecule has 1 radical (unpaired) electrons. The molecule has 0 heterocycles. The van der Waals surface area contributed by atoms with Crippen molar-refractivity contribution in [3.63, 3.8) is 0 Å². The molecule has 0 fully saturated rings. The summed E-state index contributed by atoms with van der Waals surface area (Å²) >= 11 is 0. The molecule has 0 spiro atoms. The standard InChI is InChI=1S/C6H11O/c1-3-5-6-7-4-2/h2-3,5-6H2,1H3. The van der Waals surface area contributed by atoms with Crippen LogP contribution in [0.4, 0.5) is 0 Å². The highest BCUT2D eigenvalue weighted by atomic mass is 16.5. The van der Waals surface area contributed by atoms with E-state index in [1.54, 1.807) is 0 Å².